The Morgan fingerprint density at radius 3 is 2.36 bits per heavy atom. The lowest BCUT2D eigenvalue weighted by Crippen LogP contribution is -2.49. The predicted octanol–water partition coefficient (Wildman–Crippen LogP) is 2.39. The van der Waals surface area contributed by atoms with Crippen LogP contribution in [0.1, 0.15) is 29.0 Å². The van der Waals surface area contributed by atoms with E-state index in [9.17, 15) is 19.7 Å². The number of hydrogen-bond acceptors (Lipinski definition) is 6. The summed E-state index contributed by atoms with van der Waals surface area (Å²) in [5, 5.41) is 11.6. The van der Waals surface area contributed by atoms with E-state index in [0.29, 0.717) is 31.9 Å². The van der Waals surface area contributed by atoms with Crippen LogP contribution in [0.4, 0.5) is 0 Å². The molecule has 3 rings (SSSR count). The highest BCUT2D eigenvalue weighted by Crippen LogP contribution is 2.34. The number of amides is 1. The fraction of sp³-hybridized carbons (Fsp3) is 0.400. The van der Waals surface area contributed by atoms with Gasteiger partial charge in [-0.1, -0.05) is 30.3 Å². The molecule has 0 N–H and O–H groups in total. The minimum atomic E-state index is -1.26. The number of Topliss-reactive ketones (excluding diaryl/α,β-unsaturated/α-hetero) is 1. The molecule has 2 heterocycles. The van der Waals surface area contributed by atoms with Crippen molar-refractivity contribution >= 4 is 11.7 Å². The van der Waals surface area contributed by atoms with Crippen LogP contribution in [-0.2, 0) is 9.53 Å². The van der Waals surface area contributed by atoms with Crippen LogP contribution in [-0.4, -0.2) is 53.9 Å². The maximum Gasteiger partial charge on any atom is 0.234 e. The van der Waals surface area contributed by atoms with E-state index < -0.39 is 34.5 Å². The molecule has 1 aromatic carbocycles. The van der Waals surface area contributed by atoms with Crippen molar-refractivity contribution in [1.29, 1.82) is 0 Å². The van der Waals surface area contributed by atoms with Gasteiger partial charge in [0, 0.05) is 30.5 Å². The monoisotopic (exact) mass is 386 g/mol. The van der Waals surface area contributed by atoms with Gasteiger partial charge in [0.05, 0.1) is 19.5 Å². The summed E-state index contributed by atoms with van der Waals surface area (Å²) in [5.41, 5.74) is 0.334. The topological polar surface area (TPSA) is 103 Å². The molecule has 0 bridgehead atoms. The van der Waals surface area contributed by atoms with Crippen LogP contribution < -0.4 is 0 Å². The van der Waals surface area contributed by atoms with Gasteiger partial charge in [-0.05, 0) is 12.1 Å². The van der Waals surface area contributed by atoms with Crippen LogP contribution in [0.25, 0.3) is 0 Å². The van der Waals surface area contributed by atoms with Gasteiger partial charge in [-0.25, -0.2) is 0 Å². The first-order valence-corrected chi connectivity index (χ1v) is 9.13. The Kier molecular flexibility index (Phi) is 6.20. The maximum absolute atomic E-state index is 13.4. The average molecular weight is 386 g/mol. The molecule has 0 unspecified atom stereocenters. The molecule has 1 amide bonds. The summed E-state index contributed by atoms with van der Waals surface area (Å²) in [4.78, 5) is 39.4. The molecular weight excluding hydrogens is 364 g/mol. The number of nitro groups is 1. The zero-order chi connectivity index (χ0) is 20.1. The molecule has 148 valence electrons. The van der Waals surface area contributed by atoms with Gasteiger partial charge in [-0.2, -0.15) is 0 Å². The van der Waals surface area contributed by atoms with Crippen LogP contribution >= 0.6 is 0 Å². The van der Waals surface area contributed by atoms with Crippen LogP contribution in [0.15, 0.2) is 53.1 Å². The van der Waals surface area contributed by atoms with Crippen molar-refractivity contribution in [1.82, 2.24) is 4.90 Å². The van der Waals surface area contributed by atoms with E-state index in [-0.39, 0.29) is 5.76 Å². The molecular formula is C20H22N2O6. The van der Waals surface area contributed by atoms with Crippen LogP contribution in [0.2, 0.25) is 0 Å². The normalized spacial score (nSPS) is 17.5. The van der Waals surface area contributed by atoms with Gasteiger partial charge >= 0.3 is 0 Å². The third kappa shape index (κ3) is 4.12. The standard InChI is InChI=1S/C20H22N2O6/c1-14(22(25)26)17(16-8-5-11-28-16)18(19(23)15-6-3-2-4-7-15)20(24)21-9-12-27-13-10-21/h2-8,11,14,17-18H,9-10,12-13H2,1H3/t14-,17-,18-/m0/s1. The minimum absolute atomic E-state index is 0.250. The lowest BCUT2D eigenvalue weighted by atomic mass is 9.79. The minimum Gasteiger partial charge on any atom is -0.469 e. The molecule has 0 spiro atoms. The Morgan fingerprint density at radius 1 is 1.11 bits per heavy atom. The largest absolute Gasteiger partial charge is 0.469 e. The quantitative estimate of drug-likeness (QED) is 0.313. The van der Waals surface area contributed by atoms with E-state index in [0.717, 1.165) is 0 Å². The van der Waals surface area contributed by atoms with Crippen LogP contribution in [0.5, 0.6) is 0 Å². The van der Waals surface area contributed by atoms with Crippen molar-refractivity contribution in [3.05, 3.63) is 70.2 Å². The van der Waals surface area contributed by atoms with Gasteiger partial charge < -0.3 is 14.1 Å². The highest BCUT2D eigenvalue weighted by atomic mass is 16.6. The zero-order valence-corrected chi connectivity index (χ0v) is 15.5. The summed E-state index contributed by atoms with van der Waals surface area (Å²) in [5.74, 6) is -2.92. The number of hydrogen-bond donors (Lipinski definition) is 0. The second-order valence-electron chi connectivity index (χ2n) is 6.71. The number of furan rings is 1. The summed E-state index contributed by atoms with van der Waals surface area (Å²) >= 11 is 0. The van der Waals surface area contributed by atoms with Crippen molar-refractivity contribution in [2.45, 2.75) is 18.9 Å². The smallest absolute Gasteiger partial charge is 0.234 e. The van der Waals surface area contributed by atoms with E-state index in [4.69, 9.17) is 9.15 Å². The van der Waals surface area contributed by atoms with E-state index in [2.05, 4.69) is 0 Å². The molecule has 1 saturated heterocycles. The number of ether oxygens (including phenoxy) is 1. The third-order valence-electron chi connectivity index (χ3n) is 5.01. The Bertz CT molecular complexity index is 814. The van der Waals surface area contributed by atoms with Crippen LogP contribution in [0, 0.1) is 16.0 Å². The molecule has 0 aliphatic carbocycles. The Labute approximate surface area is 162 Å². The van der Waals surface area contributed by atoms with Gasteiger partial charge in [0.2, 0.25) is 11.9 Å². The maximum atomic E-state index is 13.4. The lowest BCUT2D eigenvalue weighted by molar-refractivity contribution is -0.523. The highest BCUT2D eigenvalue weighted by molar-refractivity contribution is 6.10. The lowest BCUT2D eigenvalue weighted by Gasteiger charge is -2.32. The van der Waals surface area contributed by atoms with E-state index >= 15 is 0 Å². The Hall–Kier alpha value is -3.00. The van der Waals surface area contributed by atoms with Crippen molar-refractivity contribution in [3.63, 3.8) is 0 Å². The molecule has 8 nitrogen and oxygen atoms in total. The molecule has 1 aromatic heterocycles. The molecule has 1 aliphatic rings. The predicted molar refractivity (Wildman–Crippen MR) is 99.6 cm³/mol. The van der Waals surface area contributed by atoms with Gasteiger partial charge in [-0.15, -0.1) is 0 Å². The van der Waals surface area contributed by atoms with Crippen molar-refractivity contribution in [3.8, 4) is 0 Å². The molecule has 0 saturated carbocycles. The first-order valence-electron chi connectivity index (χ1n) is 9.13. The fourth-order valence-electron chi connectivity index (χ4n) is 3.48. The van der Waals surface area contributed by atoms with E-state index in [1.54, 1.807) is 42.5 Å². The van der Waals surface area contributed by atoms with Crippen molar-refractivity contribution < 1.29 is 23.7 Å². The summed E-state index contributed by atoms with van der Waals surface area (Å²) < 4.78 is 10.7. The number of morpholine rings is 1. The number of rotatable bonds is 7. The number of carbonyl (C=O) groups is 2. The first-order chi connectivity index (χ1) is 13.5. The van der Waals surface area contributed by atoms with Gasteiger partial charge in [0.15, 0.2) is 5.78 Å². The number of carbonyl (C=O) groups excluding carboxylic acids is 2. The fourth-order valence-corrected chi connectivity index (χ4v) is 3.48. The Balaban J connectivity index is 2.05. The summed E-state index contributed by atoms with van der Waals surface area (Å²) in [6.07, 6.45) is 1.39. The van der Waals surface area contributed by atoms with Gasteiger partial charge in [-0.3, -0.25) is 19.7 Å². The summed E-state index contributed by atoms with van der Waals surface area (Å²) in [7, 11) is 0. The first kappa shape index (κ1) is 19.8. The number of nitrogens with zero attached hydrogens (tertiary/aromatic N) is 2. The second-order valence-corrected chi connectivity index (χ2v) is 6.71. The molecule has 1 aliphatic heterocycles. The van der Waals surface area contributed by atoms with E-state index in [1.807, 2.05) is 0 Å². The third-order valence-corrected chi connectivity index (χ3v) is 5.01. The van der Waals surface area contributed by atoms with Gasteiger partial charge in [0.1, 0.15) is 17.6 Å². The highest BCUT2D eigenvalue weighted by Gasteiger charge is 2.47. The van der Waals surface area contributed by atoms with Crippen molar-refractivity contribution in [2.75, 3.05) is 26.3 Å². The summed E-state index contributed by atoms with van der Waals surface area (Å²) in [6.45, 7) is 2.82. The number of benzene rings is 1. The molecule has 28 heavy (non-hydrogen) atoms. The number of ketones is 1. The molecule has 2 aromatic rings. The average Bonchev–Trinajstić information content (AvgIpc) is 3.26. The Morgan fingerprint density at radius 2 is 1.79 bits per heavy atom. The SMILES string of the molecule is C[C@@H]([C@@H](c1ccco1)[C@@H](C(=O)c1ccccc1)C(=O)N1CCOCC1)[N+](=O)[O-]. The van der Waals surface area contributed by atoms with Gasteiger partial charge in [0.25, 0.3) is 0 Å². The van der Waals surface area contributed by atoms with E-state index in [1.165, 1.54) is 18.1 Å². The van der Waals surface area contributed by atoms with Crippen LogP contribution in [0.3, 0.4) is 0 Å². The molecule has 1 fully saturated rings. The second kappa shape index (κ2) is 8.79. The summed E-state index contributed by atoms with van der Waals surface area (Å²) in [6, 6.07) is 10.4. The molecule has 3 atom stereocenters. The van der Waals surface area contributed by atoms with Crippen molar-refractivity contribution in [2.24, 2.45) is 5.92 Å². The molecule has 0 radical (unpaired) electrons. The molecule has 8 heteroatoms. The zero-order valence-electron chi connectivity index (χ0n) is 15.5.